The van der Waals surface area contributed by atoms with Crippen LogP contribution in [-0.4, -0.2) is 16.5 Å². The molecule has 0 aliphatic carbocycles. The lowest BCUT2D eigenvalue weighted by molar-refractivity contribution is -0.137. The number of aliphatic hydroxyl groups is 1. The summed E-state index contributed by atoms with van der Waals surface area (Å²) in [6.07, 6.45) is -4.43. The average molecular weight is 246 g/mol. The monoisotopic (exact) mass is 246 g/mol. The minimum Gasteiger partial charge on any atom is -0.382 e. The Bertz CT molecular complexity index is 442. The van der Waals surface area contributed by atoms with Crippen molar-refractivity contribution in [2.24, 2.45) is 0 Å². The number of rotatable bonds is 2. The summed E-state index contributed by atoms with van der Waals surface area (Å²) in [5, 5.41) is 9.52. The molecule has 1 rings (SSSR count). The second-order valence-electron chi connectivity index (χ2n) is 4.42. The van der Waals surface area contributed by atoms with E-state index in [0.717, 1.165) is 18.2 Å². The van der Waals surface area contributed by atoms with Gasteiger partial charge in [0.2, 0.25) is 0 Å². The third kappa shape index (κ3) is 3.06. The van der Waals surface area contributed by atoms with E-state index in [4.69, 9.17) is 0 Å². The number of hydrogen-bond acceptors (Lipinski definition) is 2. The number of halogens is 3. The summed E-state index contributed by atoms with van der Waals surface area (Å²) in [5.41, 5.74) is -2.09. The number of alkyl halides is 3. The lowest BCUT2D eigenvalue weighted by Gasteiger charge is -2.17. The van der Waals surface area contributed by atoms with Crippen LogP contribution in [0.1, 0.15) is 35.3 Å². The van der Waals surface area contributed by atoms with Gasteiger partial charge in [-0.15, -0.1) is 0 Å². The van der Waals surface area contributed by atoms with Crippen molar-refractivity contribution in [3.63, 3.8) is 0 Å². The number of aryl methyl sites for hydroxylation is 1. The first kappa shape index (κ1) is 13.7. The van der Waals surface area contributed by atoms with Crippen LogP contribution in [0.4, 0.5) is 13.2 Å². The van der Waals surface area contributed by atoms with E-state index in [1.807, 2.05) is 0 Å². The van der Waals surface area contributed by atoms with Crippen LogP contribution >= 0.6 is 0 Å². The predicted octanol–water partition coefficient (Wildman–Crippen LogP) is 2.97. The van der Waals surface area contributed by atoms with Crippen molar-refractivity contribution in [2.75, 3.05) is 0 Å². The van der Waals surface area contributed by atoms with Crippen LogP contribution in [0.5, 0.6) is 0 Å². The van der Waals surface area contributed by atoms with E-state index < -0.39 is 23.1 Å². The lowest BCUT2D eigenvalue weighted by Crippen LogP contribution is -2.31. The second-order valence-corrected chi connectivity index (χ2v) is 4.42. The Labute approximate surface area is 97.1 Å². The van der Waals surface area contributed by atoms with Crippen molar-refractivity contribution in [1.82, 2.24) is 0 Å². The minimum absolute atomic E-state index is 0.102. The number of ketones is 1. The van der Waals surface area contributed by atoms with Crippen molar-refractivity contribution in [2.45, 2.75) is 32.5 Å². The Kier molecular flexibility index (Phi) is 3.34. The van der Waals surface area contributed by atoms with E-state index >= 15 is 0 Å². The fourth-order valence-corrected chi connectivity index (χ4v) is 1.42. The van der Waals surface area contributed by atoms with Crippen molar-refractivity contribution >= 4 is 5.78 Å². The largest absolute Gasteiger partial charge is 0.416 e. The number of carbonyl (C=O) groups excluding carboxylic acids is 1. The van der Waals surface area contributed by atoms with Crippen molar-refractivity contribution < 1.29 is 23.1 Å². The molecular formula is C12H13F3O2. The summed E-state index contributed by atoms with van der Waals surface area (Å²) < 4.78 is 37.2. The van der Waals surface area contributed by atoms with Crippen LogP contribution in [-0.2, 0) is 6.18 Å². The van der Waals surface area contributed by atoms with E-state index in [2.05, 4.69) is 0 Å². The van der Waals surface area contributed by atoms with Gasteiger partial charge in [0.15, 0.2) is 5.78 Å². The van der Waals surface area contributed by atoms with Gasteiger partial charge in [-0.3, -0.25) is 4.79 Å². The first-order valence-corrected chi connectivity index (χ1v) is 4.98. The van der Waals surface area contributed by atoms with E-state index in [1.54, 1.807) is 0 Å². The van der Waals surface area contributed by atoms with Crippen LogP contribution in [0.3, 0.4) is 0 Å². The molecule has 5 heteroatoms. The van der Waals surface area contributed by atoms with Crippen molar-refractivity contribution in [3.8, 4) is 0 Å². The minimum atomic E-state index is -4.43. The van der Waals surface area contributed by atoms with Gasteiger partial charge in [-0.05, 0) is 38.5 Å². The maximum absolute atomic E-state index is 12.4. The topological polar surface area (TPSA) is 37.3 Å². The SMILES string of the molecule is Cc1cc(C(F)(F)F)ccc1C(=O)C(C)(C)O. The van der Waals surface area contributed by atoms with Gasteiger partial charge in [0.25, 0.3) is 0 Å². The number of carbonyl (C=O) groups is 1. The molecule has 17 heavy (non-hydrogen) atoms. The van der Waals surface area contributed by atoms with Crippen LogP contribution in [0.2, 0.25) is 0 Å². The molecule has 0 saturated carbocycles. The molecule has 1 N–H and O–H groups in total. The first-order valence-electron chi connectivity index (χ1n) is 4.98. The van der Waals surface area contributed by atoms with Crippen LogP contribution in [0.25, 0.3) is 0 Å². The fraction of sp³-hybridized carbons (Fsp3) is 0.417. The highest BCUT2D eigenvalue weighted by Crippen LogP contribution is 2.31. The van der Waals surface area contributed by atoms with Gasteiger partial charge in [-0.25, -0.2) is 0 Å². The predicted molar refractivity (Wildman–Crippen MR) is 56.8 cm³/mol. The third-order valence-corrected chi connectivity index (χ3v) is 2.35. The van der Waals surface area contributed by atoms with E-state index in [0.29, 0.717) is 0 Å². The van der Waals surface area contributed by atoms with Gasteiger partial charge in [-0.2, -0.15) is 13.2 Å². The molecule has 2 nitrogen and oxygen atoms in total. The van der Waals surface area contributed by atoms with E-state index in [9.17, 15) is 23.1 Å². The number of benzene rings is 1. The molecule has 1 aromatic carbocycles. The standard InChI is InChI=1S/C12H13F3O2/c1-7-6-8(12(13,14)15)4-5-9(7)10(16)11(2,3)17/h4-6,17H,1-3H3. The number of hydrogen-bond donors (Lipinski definition) is 1. The van der Waals surface area contributed by atoms with Gasteiger partial charge >= 0.3 is 6.18 Å². The first-order chi connectivity index (χ1) is 7.53. The molecule has 0 spiro atoms. The van der Waals surface area contributed by atoms with Crippen LogP contribution in [0.15, 0.2) is 18.2 Å². The Hall–Kier alpha value is -1.36. The van der Waals surface area contributed by atoms with Crippen LogP contribution in [0, 0.1) is 6.92 Å². The Morgan fingerprint density at radius 1 is 1.24 bits per heavy atom. The van der Waals surface area contributed by atoms with Gasteiger partial charge in [-0.1, -0.05) is 6.07 Å². The summed E-state index contributed by atoms with van der Waals surface area (Å²) in [7, 11) is 0. The Morgan fingerprint density at radius 2 is 1.76 bits per heavy atom. The normalized spacial score (nSPS) is 12.6. The van der Waals surface area contributed by atoms with E-state index in [-0.39, 0.29) is 11.1 Å². The zero-order valence-electron chi connectivity index (χ0n) is 9.72. The highest BCUT2D eigenvalue weighted by Gasteiger charge is 2.32. The molecule has 0 fully saturated rings. The molecule has 0 aliphatic heterocycles. The van der Waals surface area contributed by atoms with Crippen molar-refractivity contribution in [3.05, 3.63) is 34.9 Å². The zero-order valence-corrected chi connectivity index (χ0v) is 9.72. The summed E-state index contributed by atoms with van der Waals surface area (Å²) in [5.74, 6) is -0.594. The maximum atomic E-state index is 12.4. The Morgan fingerprint density at radius 3 is 2.12 bits per heavy atom. The number of Topliss-reactive ketones (excluding diaryl/α,β-unsaturated/α-hetero) is 1. The lowest BCUT2D eigenvalue weighted by atomic mass is 9.92. The molecule has 0 aromatic heterocycles. The fourth-order valence-electron chi connectivity index (χ4n) is 1.42. The highest BCUT2D eigenvalue weighted by molar-refractivity contribution is 6.02. The van der Waals surface area contributed by atoms with Gasteiger partial charge in [0.05, 0.1) is 5.56 Å². The molecule has 0 amide bonds. The van der Waals surface area contributed by atoms with E-state index in [1.165, 1.54) is 20.8 Å². The highest BCUT2D eigenvalue weighted by atomic mass is 19.4. The molecule has 94 valence electrons. The molecule has 0 atom stereocenters. The summed E-state index contributed by atoms with van der Waals surface area (Å²) in [6, 6.07) is 2.84. The summed E-state index contributed by atoms with van der Waals surface area (Å²) in [6.45, 7) is 4.01. The summed E-state index contributed by atoms with van der Waals surface area (Å²) in [4.78, 5) is 11.7. The molecular weight excluding hydrogens is 233 g/mol. The quantitative estimate of drug-likeness (QED) is 0.814. The molecule has 0 saturated heterocycles. The van der Waals surface area contributed by atoms with Crippen molar-refractivity contribution in [1.29, 1.82) is 0 Å². The Balaban J connectivity index is 3.20. The van der Waals surface area contributed by atoms with Crippen LogP contribution < -0.4 is 0 Å². The summed E-state index contributed by atoms with van der Waals surface area (Å²) >= 11 is 0. The maximum Gasteiger partial charge on any atom is 0.416 e. The van der Waals surface area contributed by atoms with Gasteiger partial charge < -0.3 is 5.11 Å². The van der Waals surface area contributed by atoms with Gasteiger partial charge in [0, 0.05) is 5.56 Å². The molecule has 0 radical (unpaired) electrons. The zero-order chi connectivity index (χ0) is 13.4. The molecule has 1 aromatic rings. The second kappa shape index (κ2) is 4.14. The molecule has 0 heterocycles. The third-order valence-electron chi connectivity index (χ3n) is 2.35. The molecule has 0 aliphatic rings. The average Bonchev–Trinajstić information content (AvgIpc) is 2.13. The van der Waals surface area contributed by atoms with Gasteiger partial charge in [0.1, 0.15) is 5.60 Å². The molecule has 0 unspecified atom stereocenters. The molecule has 0 bridgehead atoms. The smallest absolute Gasteiger partial charge is 0.382 e.